The molecule has 24 heavy (non-hydrogen) atoms. The van der Waals surface area contributed by atoms with Crippen LogP contribution >= 0.6 is 0 Å². The van der Waals surface area contributed by atoms with Gasteiger partial charge in [0.1, 0.15) is 5.75 Å². The van der Waals surface area contributed by atoms with Gasteiger partial charge in [-0.2, -0.15) is 8.78 Å². The minimum absolute atomic E-state index is 0.00406. The Morgan fingerprint density at radius 2 is 2.04 bits per heavy atom. The third-order valence-electron chi connectivity index (χ3n) is 3.07. The lowest BCUT2D eigenvalue weighted by atomic mass is 10.1. The van der Waals surface area contributed by atoms with Crippen molar-refractivity contribution >= 4 is 12.0 Å². The van der Waals surface area contributed by atoms with Crippen LogP contribution in [-0.2, 0) is 4.79 Å². The van der Waals surface area contributed by atoms with Crippen molar-refractivity contribution in [2.75, 3.05) is 6.54 Å². The summed E-state index contributed by atoms with van der Waals surface area (Å²) in [5.41, 5.74) is 1.26. The lowest BCUT2D eigenvalue weighted by Gasteiger charge is -2.12. The van der Waals surface area contributed by atoms with Gasteiger partial charge in [0, 0.05) is 25.0 Å². The van der Waals surface area contributed by atoms with Crippen molar-refractivity contribution in [3.63, 3.8) is 0 Å². The third-order valence-corrected chi connectivity index (χ3v) is 3.07. The number of pyridine rings is 1. The molecule has 1 heterocycles. The summed E-state index contributed by atoms with van der Waals surface area (Å²) in [7, 11) is 0. The number of benzene rings is 1. The molecule has 1 atom stereocenters. The average molecular weight is 334 g/mol. The first-order valence-electron chi connectivity index (χ1n) is 7.13. The number of hydrogen-bond donors (Lipinski definition) is 2. The van der Waals surface area contributed by atoms with Crippen LogP contribution in [0, 0.1) is 0 Å². The van der Waals surface area contributed by atoms with Gasteiger partial charge in [0.2, 0.25) is 5.91 Å². The minimum Gasteiger partial charge on any atom is -0.435 e. The van der Waals surface area contributed by atoms with Crippen LogP contribution in [0.3, 0.4) is 0 Å². The van der Waals surface area contributed by atoms with Gasteiger partial charge < -0.3 is 15.2 Å². The summed E-state index contributed by atoms with van der Waals surface area (Å²) in [4.78, 5) is 15.6. The van der Waals surface area contributed by atoms with Gasteiger partial charge >= 0.3 is 6.61 Å². The first kappa shape index (κ1) is 17.6. The Bertz CT molecular complexity index is 676. The summed E-state index contributed by atoms with van der Waals surface area (Å²) >= 11 is 0. The number of carbonyl (C=O) groups is 1. The molecule has 126 valence electrons. The Hall–Kier alpha value is -2.80. The van der Waals surface area contributed by atoms with Gasteiger partial charge in [-0.1, -0.05) is 18.2 Å². The number of amides is 1. The number of aliphatic hydroxyl groups excluding tert-OH is 1. The number of alkyl halides is 2. The molecule has 0 saturated carbocycles. The predicted molar refractivity (Wildman–Crippen MR) is 84.3 cm³/mol. The molecule has 1 amide bonds. The zero-order valence-corrected chi connectivity index (χ0v) is 12.6. The third kappa shape index (κ3) is 5.77. The number of hydrogen-bond acceptors (Lipinski definition) is 4. The standard InChI is InChI=1S/C17H16F2N2O3/c18-17(19)24-14-6-4-13(5-7-14)15(22)11-21-16(23)8-3-12-2-1-9-20-10-12/h1-10,15,17,22H,11H2,(H,21,23)/b8-3+. The second-order valence-corrected chi connectivity index (χ2v) is 4.83. The number of nitrogens with one attached hydrogen (secondary N) is 1. The maximum absolute atomic E-state index is 12.1. The monoisotopic (exact) mass is 334 g/mol. The predicted octanol–water partition coefficient (Wildman–Crippen LogP) is 2.55. The van der Waals surface area contributed by atoms with Crippen molar-refractivity contribution < 1.29 is 23.4 Å². The largest absolute Gasteiger partial charge is 0.435 e. The molecule has 0 aliphatic carbocycles. The quantitative estimate of drug-likeness (QED) is 0.764. The van der Waals surface area contributed by atoms with Crippen molar-refractivity contribution in [2.24, 2.45) is 0 Å². The first-order chi connectivity index (χ1) is 11.5. The maximum atomic E-state index is 12.1. The highest BCUT2D eigenvalue weighted by molar-refractivity contribution is 5.91. The Balaban J connectivity index is 1.82. The van der Waals surface area contributed by atoms with Gasteiger partial charge in [-0.3, -0.25) is 9.78 Å². The van der Waals surface area contributed by atoms with Crippen LogP contribution < -0.4 is 10.1 Å². The number of aliphatic hydroxyl groups is 1. The highest BCUT2D eigenvalue weighted by Gasteiger charge is 2.10. The van der Waals surface area contributed by atoms with E-state index in [1.165, 1.54) is 30.3 Å². The Kier molecular flexibility index (Phi) is 6.39. The van der Waals surface area contributed by atoms with Crippen molar-refractivity contribution in [3.8, 4) is 5.75 Å². The van der Waals surface area contributed by atoms with Crippen LogP contribution in [0.15, 0.2) is 54.9 Å². The molecule has 0 radical (unpaired) electrons. The lowest BCUT2D eigenvalue weighted by molar-refractivity contribution is -0.116. The summed E-state index contributed by atoms with van der Waals surface area (Å²) in [6.07, 6.45) is 5.22. The van der Waals surface area contributed by atoms with E-state index >= 15 is 0 Å². The molecule has 0 spiro atoms. The van der Waals surface area contributed by atoms with Gasteiger partial charge in [0.25, 0.3) is 0 Å². The highest BCUT2D eigenvalue weighted by atomic mass is 19.3. The lowest BCUT2D eigenvalue weighted by Crippen LogP contribution is -2.26. The zero-order valence-electron chi connectivity index (χ0n) is 12.6. The Labute approximate surface area is 137 Å². The number of nitrogens with zero attached hydrogens (tertiary/aromatic N) is 1. The fourth-order valence-corrected chi connectivity index (χ4v) is 1.89. The highest BCUT2D eigenvalue weighted by Crippen LogP contribution is 2.18. The van der Waals surface area contributed by atoms with E-state index in [1.54, 1.807) is 30.6 Å². The van der Waals surface area contributed by atoms with E-state index in [2.05, 4.69) is 15.0 Å². The second-order valence-electron chi connectivity index (χ2n) is 4.83. The van der Waals surface area contributed by atoms with Crippen molar-refractivity contribution in [3.05, 3.63) is 66.0 Å². The number of halogens is 2. The molecule has 0 saturated heterocycles. The van der Waals surface area contributed by atoms with Gasteiger partial charge in [-0.25, -0.2) is 0 Å². The second kappa shape index (κ2) is 8.73. The van der Waals surface area contributed by atoms with E-state index < -0.39 is 12.7 Å². The van der Waals surface area contributed by atoms with Crippen molar-refractivity contribution in [1.82, 2.24) is 10.3 Å². The van der Waals surface area contributed by atoms with E-state index in [0.717, 1.165) is 5.56 Å². The van der Waals surface area contributed by atoms with Crippen LogP contribution in [0.25, 0.3) is 6.08 Å². The molecule has 0 bridgehead atoms. The molecule has 0 aliphatic heterocycles. The molecule has 0 fully saturated rings. The van der Waals surface area contributed by atoms with Crippen molar-refractivity contribution in [2.45, 2.75) is 12.7 Å². The van der Waals surface area contributed by atoms with Crippen LogP contribution in [0.1, 0.15) is 17.2 Å². The first-order valence-corrected chi connectivity index (χ1v) is 7.13. The summed E-state index contributed by atoms with van der Waals surface area (Å²) in [5.74, 6) is -0.361. The molecule has 5 nitrogen and oxygen atoms in total. The van der Waals surface area contributed by atoms with Gasteiger partial charge in [-0.15, -0.1) is 0 Å². The summed E-state index contributed by atoms with van der Waals surface area (Å²) in [6.45, 7) is -2.91. The fourth-order valence-electron chi connectivity index (χ4n) is 1.89. The molecular weight excluding hydrogens is 318 g/mol. The van der Waals surface area contributed by atoms with E-state index in [1.807, 2.05) is 0 Å². The molecule has 2 rings (SSSR count). The van der Waals surface area contributed by atoms with Gasteiger partial charge in [-0.05, 0) is 35.4 Å². The smallest absolute Gasteiger partial charge is 0.387 e. The minimum atomic E-state index is -2.90. The molecule has 1 aromatic carbocycles. The van der Waals surface area contributed by atoms with E-state index in [-0.39, 0.29) is 18.2 Å². The topological polar surface area (TPSA) is 71.5 Å². The number of aromatic nitrogens is 1. The van der Waals surface area contributed by atoms with Gasteiger partial charge in [0.05, 0.1) is 6.10 Å². The number of ether oxygens (including phenoxy) is 1. The van der Waals surface area contributed by atoms with Crippen LogP contribution in [0.2, 0.25) is 0 Å². The summed E-state index contributed by atoms with van der Waals surface area (Å²) in [5, 5.41) is 12.5. The molecule has 0 aliphatic rings. The fraction of sp³-hybridized carbons (Fsp3) is 0.176. The maximum Gasteiger partial charge on any atom is 0.387 e. The van der Waals surface area contributed by atoms with Gasteiger partial charge in [0.15, 0.2) is 0 Å². The van der Waals surface area contributed by atoms with Crippen LogP contribution in [0.4, 0.5) is 8.78 Å². The Morgan fingerprint density at radius 1 is 1.29 bits per heavy atom. The number of carbonyl (C=O) groups excluding carboxylic acids is 1. The van der Waals surface area contributed by atoms with Crippen LogP contribution in [-0.4, -0.2) is 29.2 Å². The molecule has 2 aromatic rings. The Morgan fingerprint density at radius 3 is 2.67 bits per heavy atom. The summed E-state index contributed by atoms with van der Waals surface area (Å²) < 4.78 is 28.3. The number of rotatable bonds is 7. The molecule has 7 heteroatoms. The molecular formula is C17H16F2N2O3. The average Bonchev–Trinajstić information content (AvgIpc) is 2.59. The van der Waals surface area contributed by atoms with E-state index in [9.17, 15) is 18.7 Å². The van der Waals surface area contributed by atoms with E-state index in [4.69, 9.17) is 0 Å². The van der Waals surface area contributed by atoms with Crippen molar-refractivity contribution in [1.29, 1.82) is 0 Å². The summed E-state index contributed by atoms with van der Waals surface area (Å²) in [6, 6.07) is 9.13. The zero-order chi connectivity index (χ0) is 17.4. The molecule has 1 unspecified atom stereocenters. The van der Waals surface area contributed by atoms with E-state index in [0.29, 0.717) is 5.56 Å². The van der Waals surface area contributed by atoms with Crippen LogP contribution in [0.5, 0.6) is 5.75 Å². The normalized spacial score (nSPS) is 12.3. The molecule has 2 N–H and O–H groups in total. The SMILES string of the molecule is O=C(/C=C/c1cccnc1)NCC(O)c1ccc(OC(F)F)cc1. The molecule has 1 aromatic heterocycles.